The van der Waals surface area contributed by atoms with E-state index < -0.39 is 0 Å². The summed E-state index contributed by atoms with van der Waals surface area (Å²) in [5.41, 5.74) is 0. The van der Waals surface area contributed by atoms with Crippen molar-refractivity contribution in [3.8, 4) is 5.88 Å². The molecule has 1 radical (unpaired) electrons. The second-order valence-electron chi connectivity index (χ2n) is 0.982. The van der Waals surface area contributed by atoms with Crippen molar-refractivity contribution in [2.75, 3.05) is 0 Å². The van der Waals surface area contributed by atoms with Crippen LogP contribution in [0.4, 0.5) is 0 Å². The Labute approximate surface area is 40.9 Å². The lowest BCUT2D eigenvalue weighted by atomic mass is 10.7. The smallest absolute Gasteiger partial charge is 0.254 e. The molecule has 1 heterocycles. The Kier molecular flexibility index (Phi) is 0.978. The average Bonchev–Trinajstić information content (AvgIpc) is 2.14. The van der Waals surface area contributed by atoms with Crippen LogP contribution in [0.3, 0.4) is 0 Å². The van der Waals surface area contributed by atoms with Gasteiger partial charge in [0.15, 0.2) is 0 Å². The van der Waals surface area contributed by atoms with Gasteiger partial charge in [-0.15, -0.1) is 0 Å². The van der Waals surface area contributed by atoms with Crippen molar-refractivity contribution in [2.24, 2.45) is 0 Å². The molecular formula is C4H4NO2. The van der Waals surface area contributed by atoms with Gasteiger partial charge in [0.1, 0.15) is 13.4 Å². The predicted molar refractivity (Wildman–Crippen MR) is 22.5 cm³/mol. The molecule has 1 rings (SSSR count). The van der Waals surface area contributed by atoms with Gasteiger partial charge < -0.3 is 9.26 Å². The first-order chi connectivity index (χ1) is 3.43. The normalized spacial score (nSPS) is 8.71. The molecule has 0 aliphatic carbocycles. The summed E-state index contributed by atoms with van der Waals surface area (Å²) in [6.07, 6.45) is 1.42. The molecule has 0 aliphatic heterocycles. The van der Waals surface area contributed by atoms with E-state index >= 15 is 0 Å². The summed E-state index contributed by atoms with van der Waals surface area (Å²) in [6, 6.07) is 1.58. The number of hydrogen-bond acceptors (Lipinski definition) is 3. The molecule has 0 amide bonds. The molecule has 1 aromatic heterocycles. The van der Waals surface area contributed by atoms with Gasteiger partial charge in [0.25, 0.3) is 5.88 Å². The topological polar surface area (TPSA) is 35.3 Å². The molecule has 0 saturated heterocycles. The van der Waals surface area contributed by atoms with Crippen LogP contribution >= 0.6 is 0 Å². The molecule has 0 fully saturated rings. The van der Waals surface area contributed by atoms with Gasteiger partial charge in [-0.3, -0.25) is 0 Å². The summed E-state index contributed by atoms with van der Waals surface area (Å²) in [6.45, 7) is 0. The van der Waals surface area contributed by atoms with E-state index in [4.69, 9.17) is 0 Å². The van der Waals surface area contributed by atoms with E-state index in [1.54, 1.807) is 6.07 Å². The Balaban J connectivity index is 2.76. The third kappa shape index (κ3) is 0.707. The van der Waals surface area contributed by atoms with Crippen LogP contribution in [0.15, 0.2) is 16.9 Å². The first-order valence-corrected chi connectivity index (χ1v) is 1.76. The lowest BCUT2D eigenvalue weighted by molar-refractivity contribution is 0.363. The third-order valence-electron chi connectivity index (χ3n) is 0.562. The van der Waals surface area contributed by atoms with Crippen LogP contribution in [0.5, 0.6) is 5.88 Å². The molecule has 0 saturated carbocycles. The molecule has 3 heteroatoms. The van der Waals surface area contributed by atoms with Crippen molar-refractivity contribution >= 4 is 0 Å². The first-order valence-electron chi connectivity index (χ1n) is 1.76. The molecule has 1 aromatic rings. The Hall–Kier alpha value is -0.990. The van der Waals surface area contributed by atoms with E-state index in [2.05, 4.69) is 21.5 Å². The molecule has 0 N–H and O–H groups in total. The quantitative estimate of drug-likeness (QED) is 0.522. The van der Waals surface area contributed by atoms with Crippen LogP contribution in [0.25, 0.3) is 0 Å². The zero-order valence-electron chi connectivity index (χ0n) is 3.63. The molecule has 0 atom stereocenters. The lowest BCUT2D eigenvalue weighted by Crippen LogP contribution is -1.74. The fourth-order valence-corrected chi connectivity index (χ4v) is 0.276. The largest absolute Gasteiger partial charge is 0.472 e. The predicted octanol–water partition coefficient (Wildman–Crippen LogP) is 0.845. The summed E-state index contributed by atoms with van der Waals surface area (Å²) in [5, 5.41) is 3.38. The van der Waals surface area contributed by atoms with Crippen LogP contribution in [-0.2, 0) is 0 Å². The second kappa shape index (κ2) is 1.64. The molecule has 0 aromatic carbocycles. The summed E-state index contributed by atoms with van der Waals surface area (Å²) < 4.78 is 8.79. The zero-order chi connectivity index (χ0) is 5.11. The number of ether oxygens (including phenoxy) is 1. The minimum Gasteiger partial charge on any atom is -0.472 e. The minimum absolute atomic E-state index is 0.403. The highest BCUT2D eigenvalue weighted by atomic mass is 16.5. The Morgan fingerprint density at radius 1 is 1.86 bits per heavy atom. The fourth-order valence-electron chi connectivity index (χ4n) is 0.276. The number of nitrogens with zero attached hydrogens (tertiary/aromatic N) is 1. The zero-order valence-corrected chi connectivity index (χ0v) is 3.63. The lowest BCUT2D eigenvalue weighted by Gasteiger charge is -1.82. The highest BCUT2D eigenvalue weighted by Gasteiger charge is 1.87. The van der Waals surface area contributed by atoms with Crippen molar-refractivity contribution in [1.82, 2.24) is 5.16 Å². The molecule has 0 bridgehead atoms. The minimum atomic E-state index is 0.403. The van der Waals surface area contributed by atoms with Crippen LogP contribution in [0.1, 0.15) is 0 Å². The first kappa shape index (κ1) is 4.18. The van der Waals surface area contributed by atoms with E-state index in [0.717, 1.165) is 0 Å². The maximum atomic E-state index is 4.40. The average molecular weight is 98.1 g/mol. The van der Waals surface area contributed by atoms with Crippen LogP contribution in [-0.4, -0.2) is 5.16 Å². The molecule has 0 aliphatic rings. The maximum Gasteiger partial charge on any atom is 0.254 e. The van der Waals surface area contributed by atoms with Gasteiger partial charge in [0, 0.05) is 6.07 Å². The summed E-state index contributed by atoms with van der Waals surface area (Å²) in [7, 11) is 3.11. The van der Waals surface area contributed by atoms with Crippen LogP contribution < -0.4 is 4.74 Å². The Morgan fingerprint density at radius 3 is 3.00 bits per heavy atom. The van der Waals surface area contributed by atoms with Gasteiger partial charge in [-0.2, -0.15) is 0 Å². The maximum absolute atomic E-state index is 4.40. The van der Waals surface area contributed by atoms with E-state index in [1.165, 1.54) is 6.26 Å². The highest BCUT2D eigenvalue weighted by Crippen LogP contribution is 2.01. The molecular weight excluding hydrogens is 94.0 g/mol. The van der Waals surface area contributed by atoms with Gasteiger partial charge in [-0.25, -0.2) is 0 Å². The van der Waals surface area contributed by atoms with Gasteiger partial charge in [0.2, 0.25) is 0 Å². The number of hydrogen-bond donors (Lipinski definition) is 0. The Bertz CT molecular complexity index is 124. The van der Waals surface area contributed by atoms with E-state index in [0.29, 0.717) is 5.88 Å². The van der Waals surface area contributed by atoms with Crippen LogP contribution in [0.2, 0.25) is 0 Å². The van der Waals surface area contributed by atoms with Gasteiger partial charge >= 0.3 is 0 Å². The van der Waals surface area contributed by atoms with E-state index in [1.807, 2.05) is 0 Å². The molecule has 37 valence electrons. The number of rotatable bonds is 1. The van der Waals surface area contributed by atoms with E-state index in [9.17, 15) is 0 Å². The van der Waals surface area contributed by atoms with Gasteiger partial charge in [-0.1, -0.05) is 0 Å². The summed E-state index contributed by atoms with van der Waals surface area (Å²) in [4.78, 5) is 0. The molecule has 0 spiro atoms. The SMILES string of the molecule is [CH2]Oc1ccon1. The van der Waals surface area contributed by atoms with Crippen molar-refractivity contribution in [2.45, 2.75) is 0 Å². The fraction of sp³-hybridized carbons (Fsp3) is 0. The van der Waals surface area contributed by atoms with Crippen molar-refractivity contribution in [3.63, 3.8) is 0 Å². The summed E-state index contributed by atoms with van der Waals surface area (Å²) >= 11 is 0. The Morgan fingerprint density at radius 2 is 2.71 bits per heavy atom. The van der Waals surface area contributed by atoms with Crippen molar-refractivity contribution in [3.05, 3.63) is 19.4 Å². The molecule has 7 heavy (non-hydrogen) atoms. The highest BCUT2D eigenvalue weighted by molar-refractivity contribution is 5.01. The van der Waals surface area contributed by atoms with Crippen LogP contribution in [0, 0.1) is 7.11 Å². The third-order valence-corrected chi connectivity index (χ3v) is 0.562. The van der Waals surface area contributed by atoms with Gasteiger partial charge in [0.05, 0.1) is 0 Å². The second-order valence-corrected chi connectivity index (χ2v) is 0.982. The summed E-state index contributed by atoms with van der Waals surface area (Å²) in [5.74, 6) is 0.403. The number of aromatic nitrogens is 1. The standard InChI is InChI=1S/C4H4NO2/c1-6-4-2-3-7-5-4/h2-3H,1H2. The molecule has 3 nitrogen and oxygen atoms in total. The van der Waals surface area contributed by atoms with Gasteiger partial charge in [-0.05, 0) is 5.16 Å². The van der Waals surface area contributed by atoms with Crippen molar-refractivity contribution in [1.29, 1.82) is 0 Å². The monoisotopic (exact) mass is 98.0 g/mol. The molecule has 0 unspecified atom stereocenters. The van der Waals surface area contributed by atoms with E-state index in [-0.39, 0.29) is 0 Å². The van der Waals surface area contributed by atoms with Crippen molar-refractivity contribution < 1.29 is 9.26 Å².